The summed E-state index contributed by atoms with van der Waals surface area (Å²) in [6.07, 6.45) is 7.67. The molecule has 63 heavy (non-hydrogen) atoms. The third-order valence-corrected chi connectivity index (χ3v) is 16.4. The summed E-state index contributed by atoms with van der Waals surface area (Å²) in [7, 11) is 0. The normalized spacial score (nSPS) is 25.0. The van der Waals surface area contributed by atoms with Crippen molar-refractivity contribution < 1.29 is 14.3 Å². The zero-order chi connectivity index (χ0) is 42.8. The number of carbonyl (C=O) groups excluding carboxylic acids is 1. The third-order valence-electron chi connectivity index (χ3n) is 15.0. The Labute approximate surface area is 373 Å². The minimum Gasteiger partial charge on any atom is -0.508 e. The predicted molar refractivity (Wildman–Crippen MR) is 247 cm³/mol. The van der Waals surface area contributed by atoms with Gasteiger partial charge in [-0.2, -0.15) is 0 Å². The van der Waals surface area contributed by atoms with Gasteiger partial charge in [0.15, 0.2) is 11.7 Å². The molecule has 2 aromatic heterocycles. The number of anilines is 1. The maximum atomic E-state index is 13.8. The summed E-state index contributed by atoms with van der Waals surface area (Å²) < 4.78 is 8.04. The molecule has 0 radical (unpaired) electrons. The molecule has 2 N–H and O–H groups in total. The van der Waals surface area contributed by atoms with E-state index >= 15 is 0 Å². The molecule has 322 valence electrons. The number of phenolic OH excluding ortho intramolecular Hbond substituents is 1. The number of hydrogen-bond donors (Lipinski definition) is 2. The van der Waals surface area contributed by atoms with E-state index in [0.717, 1.165) is 63.5 Å². The van der Waals surface area contributed by atoms with Crippen LogP contribution in [0.15, 0.2) is 124 Å². The minimum atomic E-state index is -0.108. The molecule has 5 aliphatic rings. The lowest BCUT2D eigenvalue weighted by atomic mass is 9.69. The zero-order valence-electron chi connectivity index (χ0n) is 36.2. The number of thioether (sulfide) groups is 1. The van der Waals surface area contributed by atoms with Gasteiger partial charge in [0.05, 0.1) is 17.6 Å². The van der Waals surface area contributed by atoms with E-state index in [0.29, 0.717) is 35.8 Å². The molecule has 11 rings (SSSR count). The number of nitrogens with one attached hydrogen (secondary N) is 1. The smallest absolute Gasteiger partial charge is 0.225 e. The van der Waals surface area contributed by atoms with Gasteiger partial charge >= 0.3 is 0 Å². The Morgan fingerprint density at radius 2 is 1.60 bits per heavy atom. The standard InChI is InChI=1S/C52H55N7O3S/c1-31-32(2)63-52-47(31)49(54-45(28-46-53-23-26-62-46)50-56-55-33(3)59(50)52)37-13-16-41(17-14-37)57-24-21-38(22-25-57)51(61)58-29-40(30-58)34-9-11-36(12-10-34)48-43(35-7-5-4-6-8-35)19-15-39-27-42(60)18-20-44(39)48/h4-14,16-18,20,23,26-27,38,40,43,45,47-49,52,54,60H,15,19,21-22,24-25,28-30H2,1-3H3/t43-,45+,47?,48+,49?,52?/m1/s1. The summed E-state index contributed by atoms with van der Waals surface area (Å²) in [4.78, 5) is 24.2. The van der Waals surface area contributed by atoms with Crippen LogP contribution < -0.4 is 10.2 Å². The van der Waals surface area contributed by atoms with Crippen LogP contribution in [0.2, 0.25) is 0 Å². The van der Waals surface area contributed by atoms with Crippen molar-refractivity contribution in [1.82, 2.24) is 30.0 Å². The van der Waals surface area contributed by atoms with Crippen molar-refractivity contribution in [1.29, 1.82) is 0 Å². The largest absolute Gasteiger partial charge is 0.508 e. The molecule has 2 fully saturated rings. The highest BCUT2D eigenvalue weighted by atomic mass is 32.2. The summed E-state index contributed by atoms with van der Waals surface area (Å²) in [6.45, 7) is 9.89. The molecule has 0 saturated carbocycles. The number of piperidine rings is 1. The number of amides is 1. The Balaban J connectivity index is 0.726. The van der Waals surface area contributed by atoms with Crippen molar-refractivity contribution in [2.24, 2.45) is 11.8 Å². The lowest BCUT2D eigenvalue weighted by molar-refractivity contribution is -0.140. The van der Waals surface area contributed by atoms with Gasteiger partial charge in [0.2, 0.25) is 5.91 Å². The summed E-state index contributed by atoms with van der Waals surface area (Å²) >= 11 is 1.92. The van der Waals surface area contributed by atoms with E-state index in [1.54, 1.807) is 12.5 Å². The highest BCUT2D eigenvalue weighted by Gasteiger charge is 2.46. The summed E-state index contributed by atoms with van der Waals surface area (Å²) in [5.74, 6) is 4.47. The molecule has 1 aliphatic carbocycles. The van der Waals surface area contributed by atoms with Crippen molar-refractivity contribution >= 4 is 23.4 Å². The van der Waals surface area contributed by atoms with Gasteiger partial charge in [0.1, 0.15) is 17.8 Å². The molecule has 3 unspecified atom stereocenters. The van der Waals surface area contributed by atoms with E-state index in [1.807, 2.05) is 23.9 Å². The Kier molecular flexibility index (Phi) is 10.5. The number of aromatic hydroxyl groups is 1. The number of benzene rings is 4. The number of likely N-dealkylation sites (tertiary alicyclic amines) is 1. The molecular weight excluding hydrogens is 803 g/mol. The average molecular weight is 858 g/mol. The number of carbonyl (C=O) groups is 1. The molecular formula is C52H55N7O3S. The number of phenols is 1. The number of rotatable bonds is 8. The predicted octanol–water partition coefficient (Wildman–Crippen LogP) is 9.77. The maximum absolute atomic E-state index is 13.8. The van der Waals surface area contributed by atoms with Crippen molar-refractivity contribution in [3.05, 3.63) is 171 Å². The molecule has 6 aromatic rings. The molecule has 0 spiro atoms. The van der Waals surface area contributed by atoms with E-state index in [4.69, 9.17) is 9.52 Å². The minimum absolute atomic E-state index is 0.0642. The molecule has 1 amide bonds. The summed E-state index contributed by atoms with van der Waals surface area (Å²) in [5, 5.41) is 23.7. The molecule has 4 aromatic carbocycles. The van der Waals surface area contributed by atoms with Gasteiger partial charge in [0, 0.05) is 68.0 Å². The number of hydrogen-bond acceptors (Lipinski definition) is 9. The average Bonchev–Trinajstić information content (AvgIpc) is 4.01. The van der Waals surface area contributed by atoms with Gasteiger partial charge in [0.25, 0.3) is 0 Å². The van der Waals surface area contributed by atoms with E-state index in [9.17, 15) is 9.90 Å². The van der Waals surface area contributed by atoms with Crippen molar-refractivity contribution in [3.63, 3.8) is 0 Å². The second kappa shape index (κ2) is 16.5. The first kappa shape index (κ1) is 40.1. The van der Waals surface area contributed by atoms with Crippen LogP contribution in [0, 0.1) is 18.8 Å². The van der Waals surface area contributed by atoms with Crippen molar-refractivity contribution in [3.8, 4) is 5.75 Å². The highest BCUT2D eigenvalue weighted by Crippen LogP contribution is 2.56. The van der Waals surface area contributed by atoms with Gasteiger partial charge in [-0.3, -0.25) is 10.1 Å². The Hall–Kier alpha value is -5.65. The van der Waals surface area contributed by atoms with Crippen LogP contribution in [0.1, 0.15) is 119 Å². The van der Waals surface area contributed by atoms with Gasteiger partial charge in [-0.1, -0.05) is 78.4 Å². The van der Waals surface area contributed by atoms with Gasteiger partial charge < -0.3 is 23.9 Å². The number of aromatic nitrogens is 4. The van der Waals surface area contributed by atoms with Crippen LogP contribution in [0.25, 0.3) is 0 Å². The van der Waals surface area contributed by atoms with Crippen LogP contribution in [-0.4, -0.2) is 61.8 Å². The first-order valence-corrected chi connectivity index (χ1v) is 23.7. The first-order valence-electron chi connectivity index (χ1n) is 22.8. The fraction of sp³-hybridized carbons (Fsp3) is 0.385. The number of oxazole rings is 1. The van der Waals surface area contributed by atoms with Crippen LogP contribution in [0.5, 0.6) is 5.75 Å². The quantitative estimate of drug-likeness (QED) is 0.155. The first-order chi connectivity index (χ1) is 30.8. The summed E-state index contributed by atoms with van der Waals surface area (Å²) in [5.41, 5.74) is 10.4. The molecule has 6 atom stereocenters. The summed E-state index contributed by atoms with van der Waals surface area (Å²) in [6, 6.07) is 35.1. The molecule has 11 heteroatoms. The Bertz CT molecular complexity index is 2630. The Morgan fingerprint density at radius 1 is 0.857 bits per heavy atom. The van der Waals surface area contributed by atoms with E-state index in [-0.39, 0.29) is 35.2 Å². The number of fused-ring (bicyclic) bond motifs is 4. The van der Waals surface area contributed by atoms with Crippen LogP contribution in [-0.2, 0) is 17.6 Å². The Morgan fingerprint density at radius 3 is 2.35 bits per heavy atom. The van der Waals surface area contributed by atoms with E-state index < -0.39 is 0 Å². The second-order valence-corrected chi connectivity index (χ2v) is 19.8. The van der Waals surface area contributed by atoms with E-state index in [2.05, 4.69) is 135 Å². The maximum Gasteiger partial charge on any atom is 0.225 e. The molecule has 2 saturated heterocycles. The van der Waals surface area contributed by atoms with Gasteiger partial charge in [-0.05, 0) is 115 Å². The SMILES string of the molecule is CC1=C(C)C2C(c3ccc(N4CCC(C(=O)N5CC(c6ccc([C@@H]7c8ccc(O)cc8CC[C@@H]7c7ccccc7)cc6)C5)CC4)cc3)N[C@@H](Cc3ncco3)c3nnc(C)n3C2S1. The fourth-order valence-corrected chi connectivity index (χ4v) is 13.0. The zero-order valence-corrected chi connectivity index (χ0v) is 37.0. The molecule has 4 aliphatic heterocycles. The third kappa shape index (κ3) is 7.36. The number of nitrogens with zero attached hydrogens (tertiary/aromatic N) is 6. The van der Waals surface area contributed by atoms with Crippen molar-refractivity contribution in [2.75, 3.05) is 31.1 Å². The molecule has 6 heterocycles. The van der Waals surface area contributed by atoms with Crippen LogP contribution >= 0.6 is 11.8 Å². The van der Waals surface area contributed by atoms with Crippen LogP contribution in [0.3, 0.4) is 0 Å². The second-order valence-electron chi connectivity index (χ2n) is 18.5. The van der Waals surface area contributed by atoms with E-state index in [1.165, 1.54) is 49.5 Å². The number of aryl methyl sites for hydroxylation is 2. The topological polar surface area (TPSA) is 113 Å². The molecule has 0 bridgehead atoms. The fourth-order valence-electron chi connectivity index (χ4n) is 11.4. The number of allylic oxidation sites excluding steroid dienone is 1. The molecule has 10 nitrogen and oxygen atoms in total. The van der Waals surface area contributed by atoms with Crippen molar-refractivity contribution in [2.45, 2.75) is 88.1 Å². The monoisotopic (exact) mass is 857 g/mol. The lowest BCUT2D eigenvalue weighted by Gasteiger charge is -2.43. The van der Waals surface area contributed by atoms with Gasteiger partial charge in [-0.25, -0.2) is 4.98 Å². The highest BCUT2D eigenvalue weighted by molar-refractivity contribution is 8.03. The van der Waals surface area contributed by atoms with Gasteiger partial charge in [-0.15, -0.1) is 22.0 Å². The van der Waals surface area contributed by atoms with Crippen LogP contribution in [0.4, 0.5) is 5.69 Å². The lowest BCUT2D eigenvalue weighted by Crippen LogP contribution is -2.52.